The number of hydrogen-bond acceptors (Lipinski definition) is 1. The minimum atomic E-state index is -2.11. The molecule has 1 aliphatic heterocycles. The fraction of sp³-hybridized carbons (Fsp3) is 1.00. The van der Waals surface area contributed by atoms with Gasteiger partial charge in [0.2, 0.25) is 6.43 Å². The van der Waals surface area contributed by atoms with Crippen molar-refractivity contribution in [3.05, 3.63) is 0 Å². The van der Waals surface area contributed by atoms with Crippen LogP contribution in [0.4, 0.5) is 8.78 Å². The summed E-state index contributed by atoms with van der Waals surface area (Å²) in [6.07, 6.45) is -2.11. The second-order valence-electron chi connectivity index (χ2n) is 2.32. The van der Waals surface area contributed by atoms with E-state index in [1.54, 1.807) is 0 Å². The van der Waals surface area contributed by atoms with Crippen molar-refractivity contribution in [1.29, 1.82) is 0 Å². The minimum Gasteiger partial charge on any atom is -0.305 e. The predicted molar refractivity (Wildman–Crippen MR) is 27.0 cm³/mol. The van der Waals surface area contributed by atoms with Crippen molar-refractivity contribution in [3.63, 3.8) is 0 Å². The third-order valence-corrected chi connectivity index (χ3v) is 1.45. The Bertz CT molecular complexity index is 78.5. The van der Waals surface area contributed by atoms with Gasteiger partial charge >= 0.3 is 0 Å². The second kappa shape index (κ2) is 1.97. The largest absolute Gasteiger partial charge is 0.305 e. The Labute approximate surface area is 47.3 Å². The van der Waals surface area contributed by atoms with Gasteiger partial charge in [-0.05, 0) is 7.05 Å². The molecule has 0 aromatic heterocycles. The lowest BCUT2D eigenvalue weighted by molar-refractivity contribution is -0.0118. The summed E-state index contributed by atoms with van der Waals surface area (Å²) < 4.78 is 23.3. The van der Waals surface area contributed by atoms with E-state index in [2.05, 4.69) is 0 Å². The van der Waals surface area contributed by atoms with E-state index in [9.17, 15) is 8.78 Å². The summed E-state index contributed by atoms with van der Waals surface area (Å²) in [5.41, 5.74) is 0. The van der Waals surface area contributed by atoms with Crippen LogP contribution in [0.15, 0.2) is 0 Å². The molecule has 0 aromatic rings. The summed E-state index contributed by atoms with van der Waals surface area (Å²) in [5, 5.41) is 0. The molecular weight excluding hydrogens is 112 g/mol. The normalized spacial score (nSPS) is 24.0. The van der Waals surface area contributed by atoms with Crippen LogP contribution in [0.2, 0.25) is 0 Å². The first kappa shape index (κ1) is 5.95. The molecule has 3 heteroatoms. The zero-order chi connectivity index (χ0) is 6.15. The Kier molecular flexibility index (Phi) is 1.47. The highest BCUT2D eigenvalue weighted by Gasteiger charge is 2.30. The summed E-state index contributed by atoms with van der Waals surface area (Å²) in [5.74, 6) is -0.347. The van der Waals surface area contributed by atoms with Gasteiger partial charge in [0, 0.05) is 19.0 Å². The first-order chi connectivity index (χ1) is 3.70. The Morgan fingerprint density at radius 3 is 2.12 bits per heavy atom. The van der Waals surface area contributed by atoms with E-state index in [1.807, 2.05) is 11.9 Å². The summed E-state index contributed by atoms with van der Waals surface area (Å²) in [4.78, 5) is 1.89. The monoisotopic (exact) mass is 121 g/mol. The highest BCUT2D eigenvalue weighted by Crippen LogP contribution is 2.19. The third kappa shape index (κ3) is 0.968. The minimum absolute atomic E-state index is 0.347. The van der Waals surface area contributed by atoms with Crippen LogP contribution in [-0.2, 0) is 0 Å². The quantitative estimate of drug-likeness (QED) is 0.496. The van der Waals surface area contributed by atoms with Crippen molar-refractivity contribution in [2.45, 2.75) is 6.43 Å². The van der Waals surface area contributed by atoms with Crippen LogP contribution in [0.5, 0.6) is 0 Å². The third-order valence-electron chi connectivity index (χ3n) is 1.45. The standard InChI is InChI=1S/C5H9F2N/c1-8-2-4(3-8)5(6)7/h4-5H,2-3H2,1H3. The van der Waals surface area contributed by atoms with Gasteiger partial charge in [-0.25, -0.2) is 8.78 Å². The molecule has 0 aromatic carbocycles. The van der Waals surface area contributed by atoms with E-state index in [1.165, 1.54) is 0 Å². The molecule has 0 atom stereocenters. The van der Waals surface area contributed by atoms with Crippen LogP contribution in [0, 0.1) is 5.92 Å². The molecule has 0 unspecified atom stereocenters. The zero-order valence-corrected chi connectivity index (χ0v) is 4.77. The first-order valence-corrected chi connectivity index (χ1v) is 2.67. The SMILES string of the molecule is CN1CC(C(F)F)C1. The molecule has 0 N–H and O–H groups in total. The van der Waals surface area contributed by atoms with Gasteiger partial charge in [0.05, 0.1) is 0 Å². The molecule has 1 aliphatic rings. The van der Waals surface area contributed by atoms with Gasteiger partial charge in [0.15, 0.2) is 0 Å². The average molecular weight is 121 g/mol. The molecule has 0 spiro atoms. The van der Waals surface area contributed by atoms with Crippen LogP contribution in [0.1, 0.15) is 0 Å². The van der Waals surface area contributed by atoms with E-state index in [4.69, 9.17) is 0 Å². The lowest BCUT2D eigenvalue weighted by Gasteiger charge is -2.35. The van der Waals surface area contributed by atoms with Crippen LogP contribution < -0.4 is 0 Å². The average Bonchev–Trinajstić information content (AvgIpc) is 1.57. The number of likely N-dealkylation sites (tertiary alicyclic amines) is 1. The number of rotatable bonds is 1. The van der Waals surface area contributed by atoms with Crippen molar-refractivity contribution >= 4 is 0 Å². The van der Waals surface area contributed by atoms with Crippen LogP contribution >= 0.6 is 0 Å². The molecule has 8 heavy (non-hydrogen) atoms. The smallest absolute Gasteiger partial charge is 0.243 e. The Hall–Kier alpha value is -0.180. The molecule has 1 heterocycles. The molecule has 48 valence electrons. The molecule has 0 saturated carbocycles. The Morgan fingerprint density at radius 1 is 1.50 bits per heavy atom. The first-order valence-electron chi connectivity index (χ1n) is 2.67. The van der Waals surface area contributed by atoms with E-state index in [0.717, 1.165) is 0 Å². The topological polar surface area (TPSA) is 3.24 Å². The summed E-state index contributed by atoms with van der Waals surface area (Å²) in [7, 11) is 1.85. The molecule has 1 rings (SSSR count). The van der Waals surface area contributed by atoms with E-state index in [0.29, 0.717) is 13.1 Å². The molecule has 1 fully saturated rings. The van der Waals surface area contributed by atoms with Crippen molar-refractivity contribution < 1.29 is 8.78 Å². The number of nitrogens with zero attached hydrogens (tertiary/aromatic N) is 1. The van der Waals surface area contributed by atoms with Gasteiger partial charge in [-0.3, -0.25) is 0 Å². The van der Waals surface area contributed by atoms with Crippen molar-refractivity contribution in [2.24, 2.45) is 5.92 Å². The van der Waals surface area contributed by atoms with E-state index >= 15 is 0 Å². The lowest BCUT2D eigenvalue weighted by atomic mass is 10.0. The van der Waals surface area contributed by atoms with Crippen LogP contribution in [-0.4, -0.2) is 31.5 Å². The molecular formula is C5H9F2N. The van der Waals surface area contributed by atoms with Gasteiger partial charge in [-0.1, -0.05) is 0 Å². The Balaban J connectivity index is 2.15. The Morgan fingerprint density at radius 2 is 2.00 bits per heavy atom. The summed E-state index contributed by atoms with van der Waals surface area (Å²) in [6.45, 7) is 1.13. The molecule has 0 amide bonds. The van der Waals surface area contributed by atoms with E-state index in [-0.39, 0.29) is 5.92 Å². The fourth-order valence-electron chi connectivity index (χ4n) is 0.907. The zero-order valence-electron chi connectivity index (χ0n) is 4.77. The molecule has 0 aliphatic carbocycles. The number of hydrogen-bond donors (Lipinski definition) is 0. The fourth-order valence-corrected chi connectivity index (χ4v) is 0.907. The highest BCUT2D eigenvalue weighted by molar-refractivity contribution is 4.77. The van der Waals surface area contributed by atoms with Gasteiger partial charge in [-0.15, -0.1) is 0 Å². The van der Waals surface area contributed by atoms with E-state index < -0.39 is 6.43 Å². The molecule has 1 nitrogen and oxygen atoms in total. The number of halogens is 2. The summed E-state index contributed by atoms with van der Waals surface area (Å²) >= 11 is 0. The van der Waals surface area contributed by atoms with Gasteiger partial charge in [0.25, 0.3) is 0 Å². The molecule has 0 bridgehead atoms. The second-order valence-corrected chi connectivity index (χ2v) is 2.32. The maximum atomic E-state index is 11.6. The van der Waals surface area contributed by atoms with Crippen LogP contribution in [0.3, 0.4) is 0 Å². The van der Waals surface area contributed by atoms with Gasteiger partial charge in [0.1, 0.15) is 0 Å². The molecule has 0 radical (unpaired) electrons. The van der Waals surface area contributed by atoms with Gasteiger partial charge < -0.3 is 4.90 Å². The summed E-state index contributed by atoms with van der Waals surface area (Å²) in [6, 6.07) is 0. The maximum absolute atomic E-state index is 11.6. The maximum Gasteiger partial charge on any atom is 0.243 e. The van der Waals surface area contributed by atoms with Crippen molar-refractivity contribution in [2.75, 3.05) is 20.1 Å². The highest BCUT2D eigenvalue weighted by atomic mass is 19.3. The van der Waals surface area contributed by atoms with Crippen molar-refractivity contribution in [1.82, 2.24) is 4.90 Å². The lowest BCUT2D eigenvalue weighted by Crippen LogP contribution is -2.47. The van der Waals surface area contributed by atoms with Crippen LogP contribution in [0.25, 0.3) is 0 Å². The molecule has 1 saturated heterocycles. The van der Waals surface area contributed by atoms with Gasteiger partial charge in [-0.2, -0.15) is 0 Å². The number of alkyl halides is 2. The predicted octanol–water partition coefficient (Wildman–Crippen LogP) is 0.813. The van der Waals surface area contributed by atoms with Crippen molar-refractivity contribution in [3.8, 4) is 0 Å².